The van der Waals surface area contributed by atoms with Gasteiger partial charge in [0.2, 0.25) is 0 Å². The molecule has 0 radical (unpaired) electrons. The van der Waals surface area contributed by atoms with Crippen molar-refractivity contribution in [3.05, 3.63) is 51.4 Å². The Bertz CT molecular complexity index is 927. The van der Waals surface area contributed by atoms with Crippen LogP contribution >= 0.6 is 11.3 Å². The molecule has 0 unspecified atom stereocenters. The van der Waals surface area contributed by atoms with Gasteiger partial charge >= 0.3 is 17.9 Å². The summed E-state index contributed by atoms with van der Waals surface area (Å²) in [6.07, 6.45) is 0. The highest BCUT2D eigenvalue weighted by Crippen LogP contribution is 2.33. The van der Waals surface area contributed by atoms with Gasteiger partial charge in [-0.05, 0) is 38.1 Å². The topological polar surface area (TPSA) is 129 Å². The molecule has 1 heterocycles. The molecule has 0 fully saturated rings. The van der Waals surface area contributed by atoms with Crippen LogP contribution in [0.4, 0.5) is 5.00 Å². The molecule has 0 aliphatic rings. The summed E-state index contributed by atoms with van der Waals surface area (Å²) in [7, 11) is 0. The summed E-state index contributed by atoms with van der Waals surface area (Å²) < 4.78 is 15.2. The molecule has 0 atom stereocenters. The average Bonchev–Trinajstić information content (AvgIpc) is 3.03. The predicted octanol–water partition coefficient (Wildman–Crippen LogP) is 2.91. The third-order valence-electron chi connectivity index (χ3n) is 3.57. The first kappa shape index (κ1) is 20.9. The maximum Gasteiger partial charge on any atom is 0.348 e. The Morgan fingerprint density at radius 2 is 1.61 bits per heavy atom. The van der Waals surface area contributed by atoms with Crippen LogP contribution in [0.1, 0.15) is 55.4 Å². The van der Waals surface area contributed by atoms with E-state index >= 15 is 0 Å². The van der Waals surface area contributed by atoms with Gasteiger partial charge in [0.25, 0.3) is 0 Å². The zero-order valence-corrected chi connectivity index (χ0v) is 16.1. The maximum absolute atomic E-state index is 12.3. The van der Waals surface area contributed by atoms with E-state index in [4.69, 9.17) is 25.2 Å². The van der Waals surface area contributed by atoms with Gasteiger partial charge in [-0.15, -0.1) is 11.3 Å². The fourth-order valence-corrected chi connectivity index (χ4v) is 3.27. The number of nitrogens with two attached hydrogens (primary N) is 1. The zero-order valence-electron chi connectivity index (χ0n) is 15.3. The Kier molecular flexibility index (Phi) is 7.12. The van der Waals surface area contributed by atoms with Gasteiger partial charge in [0.05, 0.1) is 30.4 Å². The van der Waals surface area contributed by atoms with E-state index < -0.39 is 17.9 Å². The van der Waals surface area contributed by atoms with Crippen LogP contribution in [0.25, 0.3) is 0 Å². The number of thiophene rings is 1. The lowest BCUT2D eigenvalue weighted by Crippen LogP contribution is -2.14. The van der Waals surface area contributed by atoms with Gasteiger partial charge in [0.1, 0.15) is 22.0 Å². The summed E-state index contributed by atoms with van der Waals surface area (Å²) in [5.74, 6) is -2.06. The first-order chi connectivity index (χ1) is 13.4. The van der Waals surface area contributed by atoms with Crippen molar-refractivity contribution in [3.63, 3.8) is 0 Å². The van der Waals surface area contributed by atoms with E-state index in [1.54, 1.807) is 13.8 Å². The molecule has 0 aliphatic carbocycles. The number of hydrogen-bond acceptors (Lipinski definition) is 9. The molecule has 2 rings (SSSR count). The number of benzene rings is 1. The average molecular weight is 402 g/mol. The second-order valence-electron chi connectivity index (χ2n) is 5.36. The number of nitriles is 1. The molecule has 9 heteroatoms. The molecule has 2 N–H and O–H groups in total. The summed E-state index contributed by atoms with van der Waals surface area (Å²) in [5.41, 5.74) is 6.64. The van der Waals surface area contributed by atoms with Crippen LogP contribution in [0.5, 0.6) is 0 Å². The summed E-state index contributed by atoms with van der Waals surface area (Å²) in [6, 6.07) is 7.80. The lowest BCUT2D eigenvalue weighted by molar-refractivity contribution is 0.0437. The van der Waals surface area contributed by atoms with Gasteiger partial charge in [-0.3, -0.25) is 0 Å². The van der Waals surface area contributed by atoms with Gasteiger partial charge in [-0.1, -0.05) is 0 Å². The van der Waals surface area contributed by atoms with Crippen molar-refractivity contribution in [1.29, 1.82) is 5.26 Å². The van der Waals surface area contributed by atoms with Gasteiger partial charge in [0, 0.05) is 5.56 Å². The van der Waals surface area contributed by atoms with Gasteiger partial charge < -0.3 is 19.9 Å². The monoisotopic (exact) mass is 402 g/mol. The normalized spacial score (nSPS) is 10.0. The first-order valence-corrected chi connectivity index (χ1v) is 9.17. The van der Waals surface area contributed by atoms with Crippen LogP contribution in [-0.4, -0.2) is 31.1 Å². The highest BCUT2D eigenvalue weighted by atomic mass is 32.1. The Hall–Kier alpha value is -3.38. The van der Waals surface area contributed by atoms with Crippen LogP contribution in [-0.2, 0) is 20.8 Å². The van der Waals surface area contributed by atoms with Crippen LogP contribution in [0, 0.1) is 11.3 Å². The summed E-state index contributed by atoms with van der Waals surface area (Å²) in [6.45, 7) is 3.17. The van der Waals surface area contributed by atoms with E-state index in [1.807, 2.05) is 6.07 Å². The number of hydrogen-bond donors (Lipinski definition) is 1. The fourth-order valence-electron chi connectivity index (χ4n) is 2.31. The molecule has 28 heavy (non-hydrogen) atoms. The third-order valence-corrected chi connectivity index (χ3v) is 4.61. The molecule has 0 amide bonds. The van der Waals surface area contributed by atoms with E-state index in [0.717, 1.165) is 11.3 Å². The molecule has 2 aromatic rings. The summed E-state index contributed by atoms with van der Waals surface area (Å²) >= 11 is 0.871. The summed E-state index contributed by atoms with van der Waals surface area (Å²) in [4.78, 5) is 36.8. The number of carbonyl (C=O) groups is 3. The zero-order chi connectivity index (χ0) is 20.7. The van der Waals surface area contributed by atoms with E-state index in [1.165, 1.54) is 24.3 Å². The number of carbonyl (C=O) groups excluding carboxylic acids is 3. The molecule has 1 aromatic carbocycles. The molecule has 0 saturated heterocycles. The van der Waals surface area contributed by atoms with Crippen molar-refractivity contribution in [3.8, 4) is 6.07 Å². The molecule has 0 aliphatic heterocycles. The number of ether oxygens (including phenoxy) is 3. The molecule has 1 aromatic heterocycles. The van der Waals surface area contributed by atoms with Gasteiger partial charge in [-0.2, -0.15) is 5.26 Å². The van der Waals surface area contributed by atoms with Crippen molar-refractivity contribution in [2.75, 3.05) is 18.9 Å². The molecule has 0 saturated carbocycles. The van der Waals surface area contributed by atoms with Crippen molar-refractivity contribution in [2.45, 2.75) is 20.5 Å². The van der Waals surface area contributed by atoms with Crippen LogP contribution in [0.3, 0.4) is 0 Å². The SMILES string of the molecule is CCOC(=O)c1sc(N)c(C(=O)OCC)c1COC(=O)c1ccc(C#N)cc1. The Balaban J connectivity index is 2.30. The van der Waals surface area contributed by atoms with Crippen LogP contribution < -0.4 is 5.73 Å². The highest BCUT2D eigenvalue weighted by molar-refractivity contribution is 7.18. The number of nitrogen functional groups attached to an aromatic ring is 1. The molecular weight excluding hydrogens is 384 g/mol. The summed E-state index contributed by atoms with van der Waals surface area (Å²) in [5, 5.41) is 8.88. The van der Waals surface area contributed by atoms with Crippen molar-refractivity contribution in [2.24, 2.45) is 0 Å². The molecule has 0 spiro atoms. The van der Waals surface area contributed by atoms with E-state index in [0.29, 0.717) is 5.56 Å². The highest BCUT2D eigenvalue weighted by Gasteiger charge is 2.28. The third kappa shape index (κ3) is 4.66. The smallest absolute Gasteiger partial charge is 0.348 e. The molecule has 146 valence electrons. The van der Waals surface area contributed by atoms with E-state index in [-0.39, 0.29) is 46.4 Å². The lowest BCUT2D eigenvalue weighted by Gasteiger charge is -2.09. The van der Waals surface area contributed by atoms with E-state index in [2.05, 4.69) is 0 Å². The minimum absolute atomic E-state index is 0.0115. The minimum atomic E-state index is -0.712. The lowest BCUT2D eigenvalue weighted by atomic mass is 10.1. The first-order valence-electron chi connectivity index (χ1n) is 8.35. The van der Waals surface area contributed by atoms with Gasteiger partial charge in [0.15, 0.2) is 0 Å². The molecular formula is C19H18N2O6S. The number of nitrogens with zero attached hydrogens (tertiary/aromatic N) is 1. The van der Waals surface area contributed by atoms with Crippen molar-refractivity contribution < 1.29 is 28.6 Å². The predicted molar refractivity (Wildman–Crippen MR) is 101 cm³/mol. The number of rotatable bonds is 7. The Labute approximate surface area is 165 Å². The van der Waals surface area contributed by atoms with Gasteiger partial charge in [-0.25, -0.2) is 14.4 Å². The second kappa shape index (κ2) is 9.53. The van der Waals surface area contributed by atoms with Crippen molar-refractivity contribution in [1.82, 2.24) is 0 Å². The quantitative estimate of drug-likeness (QED) is 0.553. The van der Waals surface area contributed by atoms with E-state index in [9.17, 15) is 14.4 Å². The Morgan fingerprint density at radius 1 is 1.00 bits per heavy atom. The molecule has 8 nitrogen and oxygen atoms in total. The van der Waals surface area contributed by atoms with Crippen LogP contribution in [0.2, 0.25) is 0 Å². The fraction of sp³-hybridized carbons (Fsp3) is 0.263. The minimum Gasteiger partial charge on any atom is -0.462 e. The largest absolute Gasteiger partial charge is 0.462 e. The standard InChI is InChI=1S/C19H18N2O6S/c1-3-25-18(23)14-13(15(28-16(14)21)19(24)26-4-2)10-27-17(22)12-7-5-11(9-20)6-8-12/h5-8H,3-4,10,21H2,1-2H3. The maximum atomic E-state index is 12.3. The molecule has 0 bridgehead atoms. The number of anilines is 1. The number of esters is 3. The van der Waals surface area contributed by atoms with Crippen LogP contribution in [0.15, 0.2) is 24.3 Å². The second-order valence-corrected chi connectivity index (χ2v) is 6.41. The Morgan fingerprint density at radius 3 is 2.18 bits per heavy atom. The van der Waals surface area contributed by atoms with Crippen molar-refractivity contribution >= 4 is 34.2 Å².